The number of rotatable bonds is 7. The fraction of sp³-hybridized carbons (Fsp3) is 0.321. The van der Waals surface area contributed by atoms with Gasteiger partial charge in [0.2, 0.25) is 0 Å². The molecule has 1 aromatic carbocycles. The van der Waals surface area contributed by atoms with Gasteiger partial charge in [0.1, 0.15) is 0 Å². The van der Waals surface area contributed by atoms with Crippen molar-refractivity contribution in [3.05, 3.63) is 94.2 Å². The molecule has 0 radical (unpaired) electrons. The third-order valence-electron chi connectivity index (χ3n) is 6.74. The Balaban J connectivity index is 1.42. The first kappa shape index (κ1) is 23.6. The molecule has 1 fully saturated rings. The molecule has 34 heavy (non-hydrogen) atoms. The standard InChI is InChI=1S/C28H32N4O2/c1-20(31-15-11-24(12-16-31)23-8-6-22(7-9-23)21(2)33)4-5-25-19-30-14-10-27(25)32-17-13-26(29-3)18-28(32)34/h4-10,13-14,17-20,24,29H,11-12,15-16H2,1-3H3. The van der Waals surface area contributed by atoms with Gasteiger partial charge in [-0.05, 0) is 63.4 Å². The van der Waals surface area contributed by atoms with Crippen LogP contribution in [0.5, 0.6) is 0 Å². The summed E-state index contributed by atoms with van der Waals surface area (Å²) in [6, 6.07) is 13.7. The Bertz CT molecular complexity index is 1220. The van der Waals surface area contributed by atoms with Gasteiger partial charge in [-0.25, -0.2) is 0 Å². The van der Waals surface area contributed by atoms with Gasteiger partial charge in [-0.2, -0.15) is 0 Å². The molecule has 1 unspecified atom stereocenters. The second-order valence-electron chi connectivity index (χ2n) is 8.90. The summed E-state index contributed by atoms with van der Waals surface area (Å²) in [6.07, 6.45) is 11.8. The quantitative estimate of drug-likeness (QED) is 0.520. The summed E-state index contributed by atoms with van der Waals surface area (Å²) < 4.78 is 1.65. The zero-order chi connectivity index (χ0) is 24.1. The second-order valence-corrected chi connectivity index (χ2v) is 8.90. The number of pyridine rings is 2. The van der Waals surface area contributed by atoms with Crippen molar-refractivity contribution in [3.63, 3.8) is 0 Å². The van der Waals surface area contributed by atoms with Crippen molar-refractivity contribution in [1.82, 2.24) is 14.5 Å². The minimum Gasteiger partial charge on any atom is -0.388 e. The Morgan fingerprint density at radius 2 is 1.88 bits per heavy atom. The summed E-state index contributed by atoms with van der Waals surface area (Å²) in [7, 11) is 1.80. The van der Waals surface area contributed by atoms with E-state index in [1.54, 1.807) is 43.2 Å². The number of aromatic nitrogens is 2. The molecule has 1 aliphatic rings. The summed E-state index contributed by atoms with van der Waals surface area (Å²) >= 11 is 0. The number of Topliss-reactive ketones (excluding diaryl/α,β-unsaturated/α-hetero) is 1. The van der Waals surface area contributed by atoms with E-state index in [1.807, 2.05) is 24.3 Å². The maximum atomic E-state index is 12.6. The number of carbonyl (C=O) groups excluding carboxylic acids is 1. The lowest BCUT2D eigenvalue weighted by Crippen LogP contribution is -2.38. The fourth-order valence-electron chi connectivity index (χ4n) is 4.58. The number of piperidine rings is 1. The van der Waals surface area contributed by atoms with Crippen molar-refractivity contribution < 1.29 is 4.79 Å². The van der Waals surface area contributed by atoms with Crippen molar-refractivity contribution in [1.29, 1.82) is 0 Å². The van der Waals surface area contributed by atoms with E-state index < -0.39 is 0 Å². The Morgan fingerprint density at radius 3 is 2.53 bits per heavy atom. The monoisotopic (exact) mass is 456 g/mol. The van der Waals surface area contributed by atoms with Gasteiger partial charge in [-0.1, -0.05) is 36.4 Å². The average molecular weight is 457 g/mol. The molecule has 1 aliphatic heterocycles. The van der Waals surface area contributed by atoms with Gasteiger partial charge in [-0.15, -0.1) is 0 Å². The van der Waals surface area contributed by atoms with Gasteiger partial charge in [0.15, 0.2) is 5.78 Å². The molecule has 6 heteroatoms. The lowest BCUT2D eigenvalue weighted by Gasteiger charge is -2.35. The van der Waals surface area contributed by atoms with Gasteiger partial charge in [0.25, 0.3) is 5.56 Å². The maximum Gasteiger partial charge on any atom is 0.257 e. The second kappa shape index (κ2) is 10.6. The van der Waals surface area contributed by atoms with Gasteiger partial charge in [-0.3, -0.25) is 24.0 Å². The van der Waals surface area contributed by atoms with Crippen LogP contribution in [0.1, 0.15) is 54.1 Å². The molecule has 176 valence electrons. The molecule has 0 saturated carbocycles. The third kappa shape index (κ3) is 5.34. The van der Waals surface area contributed by atoms with Crippen LogP contribution < -0.4 is 10.9 Å². The summed E-state index contributed by atoms with van der Waals surface area (Å²) in [5, 5.41) is 3.00. The first-order valence-electron chi connectivity index (χ1n) is 11.8. The summed E-state index contributed by atoms with van der Waals surface area (Å²) in [5.74, 6) is 0.643. The lowest BCUT2D eigenvalue weighted by molar-refractivity contribution is 0.101. The van der Waals surface area contributed by atoms with E-state index in [4.69, 9.17) is 0 Å². The van der Waals surface area contributed by atoms with Crippen LogP contribution in [0, 0.1) is 0 Å². The molecular weight excluding hydrogens is 424 g/mol. The van der Waals surface area contributed by atoms with E-state index in [9.17, 15) is 9.59 Å². The minimum absolute atomic E-state index is 0.0841. The lowest BCUT2D eigenvalue weighted by atomic mass is 9.88. The van der Waals surface area contributed by atoms with Crippen LogP contribution in [-0.4, -0.2) is 46.4 Å². The van der Waals surface area contributed by atoms with Gasteiger partial charge in [0, 0.05) is 54.6 Å². The number of carbonyl (C=O) groups is 1. The number of nitrogens with one attached hydrogen (secondary N) is 1. The van der Waals surface area contributed by atoms with Crippen molar-refractivity contribution in [2.75, 3.05) is 25.5 Å². The van der Waals surface area contributed by atoms with E-state index in [1.165, 1.54) is 5.56 Å². The highest BCUT2D eigenvalue weighted by Crippen LogP contribution is 2.29. The molecule has 0 amide bonds. The molecule has 3 heterocycles. The van der Waals surface area contributed by atoms with Crippen LogP contribution in [0.4, 0.5) is 5.69 Å². The molecule has 0 aliphatic carbocycles. The number of ketones is 1. The third-order valence-corrected chi connectivity index (χ3v) is 6.74. The highest BCUT2D eigenvalue weighted by Gasteiger charge is 2.23. The van der Waals surface area contributed by atoms with Crippen LogP contribution in [0.15, 0.2) is 71.9 Å². The number of anilines is 1. The molecule has 0 spiro atoms. The van der Waals surface area contributed by atoms with E-state index in [0.29, 0.717) is 5.92 Å². The summed E-state index contributed by atoms with van der Waals surface area (Å²) in [6.45, 7) is 5.86. The smallest absolute Gasteiger partial charge is 0.257 e. The molecule has 2 aromatic heterocycles. The molecule has 3 aromatic rings. The molecular formula is C28H32N4O2. The highest BCUT2D eigenvalue weighted by atomic mass is 16.1. The maximum absolute atomic E-state index is 12.6. The molecule has 4 rings (SSSR count). The van der Waals surface area contributed by atoms with Crippen LogP contribution in [0.25, 0.3) is 11.8 Å². The van der Waals surface area contributed by atoms with E-state index in [-0.39, 0.29) is 17.4 Å². The molecule has 0 bridgehead atoms. The first-order valence-corrected chi connectivity index (χ1v) is 11.8. The predicted molar refractivity (Wildman–Crippen MR) is 138 cm³/mol. The van der Waals surface area contributed by atoms with E-state index in [0.717, 1.165) is 48.4 Å². The summed E-state index contributed by atoms with van der Waals surface area (Å²) in [5.41, 5.74) is 4.53. The molecule has 1 N–H and O–H groups in total. The van der Waals surface area contributed by atoms with Crippen molar-refractivity contribution in [3.8, 4) is 5.69 Å². The normalized spacial score (nSPS) is 16.0. The number of benzene rings is 1. The van der Waals surface area contributed by atoms with Crippen molar-refractivity contribution in [2.45, 2.75) is 38.6 Å². The van der Waals surface area contributed by atoms with Gasteiger partial charge < -0.3 is 5.32 Å². The molecule has 1 saturated heterocycles. The van der Waals surface area contributed by atoms with Crippen LogP contribution in [0.3, 0.4) is 0 Å². The van der Waals surface area contributed by atoms with Crippen LogP contribution >= 0.6 is 0 Å². The average Bonchev–Trinajstić information content (AvgIpc) is 2.87. The molecule has 1 atom stereocenters. The topological polar surface area (TPSA) is 67.2 Å². The highest BCUT2D eigenvalue weighted by molar-refractivity contribution is 5.94. The summed E-state index contributed by atoms with van der Waals surface area (Å²) in [4.78, 5) is 30.9. The fourth-order valence-corrected chi connectivity index (χ4v) is 4.58. The van der Waals surface area contributed by atoms with Crippen LogP contribution in [-0.2, 0) is 0 Å². The largest absolute Gasteiger partial charge is 0.388 e. The van der Waals surface area contributed by atoms with Gasteiger partial charge >= 0.3 is 0 Å². The number of hydrogen-bond acceptors (Lipinski definition) is 5. The van der Waals surface area contributed by atoms with Gasteiger partial charge in [0.05, 0.1) is 5.69 Å². The molecule has 6 nitrogen and oxygen atoms in total. The number of likely N-dealkylation sites (tertiary alicyclic amines) is 1. The number of hydrogen-bond donors (Lipinski definition) is 1. The predicted octanol–water partition coefficient (Wildman–Crippen LogP) is 4.76. The Labute approximate surface area is 201 Å². The first-order chi connectivity index (χ1) is 16.5. The Morgan fingerprint density at radius 1 is 1.15 bits per heavy atom. The SMILES string of the molecule is CNc1ccn(-c2ccncc2C=CC(C)N2CCC(c3ccc(C(C)=O)cc3)CC2)c(=O)c1. The van der Waals surface area contributed by atoms with Crippen molar-refractivity contribution in [2.24, 2.45) is 0 Å². The van der Waals surface area contributed by atoms with Crippen molar-refractivity contribution >= 4 is 17.5 Å². The Hall–Kier alpha value is -3.51. The minimum atomic E-state index is -0.0841. The van der Waals surface area contributed by atoms with E-state index >= 15 is 0 Å². The zero-order valence-corrected chi connectivity index (χ0v) is 20.1. The zero-order valence-electron chi connectivity index (χ0n) is 20.1. The van der Waals surface area contributed by atoms with Crippen LogP contribution in [0.2, 0.25) is 0 Å². The Kier molecular flexibility index (Phi) is 7.38. The number of nitrogens with zero attached hydrogens (tertiary/aromatic N) is 3. The van der Waals surface area contributed by atoms with E-state index in [2.05, 4.69) is 46.4 Å².